The molecule has 158 valence electrons. The normalized spacial score (nSPS) is 17.7. The molecule has 0 aromatic carbocycles. The monoisotopic (exact) mass is 388 g/mol. The topological polar surface area (TPSA) is 179 Å². The highest BCUT2D eigenvalue weighted by Crippen LogP contribution is 2.04. The van der Waals surface area contributed by atoms with Gasteiger partial charge < -0.3 is 54.7 Å². The lowest BCUT2D eigenvalue weighted by Crippen LogP contribution is -2.37. The van der Waals surface area contributed by atoms with E-state index < -0.39 is 50.3 Å². The zero-order valence-corrected chi connectivity index (χ0v) is 14.7. The van der Waals surface area contributed by atoms with Gasteiger partial charge in [0.2, 0.25) is 0 Å². The van der Waals surface area contributed by atoms with Crippen LogP contribution in [0.25, 0.3) is 0 Å². The number of rotatable bonds is 18. The third kappa shape index (κ3) is 13.7. The molecule has 0 amide bonds. The Kier molecular flexibility index (Phi) is 16.4. The molecule has 0 saturated carbocycles. The highest BCUT2D eigenvalue weighted by molar-refractivity contribution is 4.64. The number of aliphatic hydroxyl groups is 7. The maximum Gasteiger partial charge on any atom is 0.105 e. The zero-order chi connectivity index (χ0) is 19.8. The van der Waals surface area contributed by atoms with E-state index in [2.05, 4.69) is 0 Å². The van der Waals surface area contributed by atoms with Gasteiger partial charge in [-0.1, -0.05) is 0 Å². The Labute approximate surface area is 152 Å². The summed E-state index contributed by atoms with van der Waals surface area (Å²) in [6.45, 7) is -2.22. The fourth-order valence-corrected chi connectivity index (χ4v) is 1.70. The molecule has 11 heteroatoms. The van der Waals surface area contributed by atoms with E-state index in [0.717, 1.165) is 0 Å². The van der Waals surface area contributed by atoms with E-state index in [9.17, 15) is 20.4 Å². The fourth-order valence-electron chi connectivity index (χ4n) is 1.70. The molecule has 26 heavy (non-hydrogen) atoms. The molecule has 0 spiro atoms. The molecule has 11 nitrogen and oxygen atoms in total. The number of hydrogen-bond acceptors (Lipinski definition) is 11. The summed E-state index contributed by atoms with van der Waals surface area (Å²) in [6, 6.07) is 0. The molecule has 4 atom stereocenters. The maximum absolute atomic E-state index is 9.36. The minimum absolute atomic E-state index is 0.0257. The first-order chi connectivity index (χ1) is 12.5. The molecule has 0 fully saturated rings. The molecule has 7 N–H and O–H groups in total. The molecule has 0 aromatic rings. The molecule has 0 radical (unpaired) electrons. The second-order valence-electron chi connectivity index (χ2n) is 5.68. The van der Waals surface area contributed by atoms with Gasteiger partial charge in [-0.15, -0.1) is 0 Å². The van der Waals surface area contributed by atoms with E-state index in [-0.39, 0.29) is 46.2 Å². The van der Waals surface area contributed by atoms with Gasteiger partial charge in [0.1, 0.15) is 30.5 Å². The summed E-state index contributed by atoms with van der Waals surface area (Å²) >= 11 is 0. The quantitative estimate of drug-likeness (QED) is 0.121. The van der Waals surface area contributed by atoms with Crippen LogP contribution in [0.1, 0.15) is 0 Å². The maximum atomic E-state index is 9.36. The highest BCUT2D eigenvalue weighted by Gasteiger charge is 2.19. The Morgan fingerprint density at radius 1 is 0.462 bits per heavy atom. The largest absolute Gasteiger partial charge is 0.394 e. The van der Waals surface area contributed by atoms with Crippen LogP contribution in [0.4, 0.5) is 0 Å². The van der Waals surface area contributed by atoms with Crippen molar-refractivity contribution in [1.82, 2.24) is 0 Å². The van der Waals surface area contributed by atoms with Gasteiger partial charge in [0.05, 0.1) is 66.1 Å². The van der Waals surface area contributed by atoms with Gasteiger partial charge in [-0.25, -0.2) is 0 Å². The number of aliphatic hydroxyl groups excluding tert-OH is 7. The van der Waals surface area contributed by atoms with E-state index in [1.54, 1.807) is 0 Å². The molecular formula is C15H32O11. The van der Waals surface area contributed by atoms with Crippen molar-refractivity contribution < 1.29 is 54.7 Å². The van der Waals surface area contributed by atoms with Crippen molar-refractivity contribution in [2.45, 2.75) is 30.5 Å². The van der Waals surface area contributed by atoms with Gasteiger partial charge >= 0.3 is 0 Å². The van der Waals surface area contributed by atoms with Crippen LogP contribution in [-0.2, 0) is 18.9 Å². The van der Waals surface area contributed by atoms with Gasteiger partial charge in [0.25, 0.3) is 0 Å². The van der Waals surface area contributed by atoms with E-state index in [0.29, 0.717) is 0 Å². The molecular weight excluding hydrogens is 356 g/mol. The van der Waals surface area contributed by atoms with Crippen molar-refractivity contribution in [2.75, 3.05) is 66.1 Å². The van der Waals surface area contributed by atoms with Gasteiger partial charge in [-0.2, -0.15) is 0 Å². The molecule has 0 rings (SSSR count). The summed E-state index contributed by atoms with van der Waals surface area (Å²) in [7, 11) is 0. The van der Waals surface area contributed by atoms with E-state index in [1.807, 2.05) is 0 Å². The van der Waals surface area contributed by atoms with Gasteiger partial charge in [-0.3, -0.25) is 0 Å². The number of ether oxygens (including phenoxy) is 4. The van der Waals surface area contributed by atoms with Gasteiger partial charge in [-0.05, 0) is 0 Å². The third-order valence-electron chi connectivity index (χ3n) is 3.06. The zero-order valence-electron chi connectivity index (χ0n) is 14.7. The first-order valence-corrected chi connectivity index (χ1v) is 8.33. The summed E-state index contributed by atoms with van der Waals surface area (Å²) < 4.78 is 21.2. The van der Waals surface area contributed by atoms with E-state index >= 15 is 0 Å². The Hall–Kier alpha value is -0.440. The van der Waals surface area contributed by atoms with Crippen LogP contribution in [0.5, 0.6) is 0 Å². The highest BCUT2D eigenvalue weighted by atomic mass is 16.6. The molecule has 0 aromatic heterocycles. The summed E-state index contributed by atoms with van der Waals surface area (Å²) in [5.41, 5.74) is 0. The predicted octanol–water partition coefficient (Wildman–Crippen LogP) is -4.16. The second kappa shape index (κ2) is 16.7. The molecule has 4 unspecified atom stereocenters. The SMILES string of the molecule is OCC(O)COCC(CO)OC(COCC(O)CO)COCC(O)CO. The lowest BCUT2D eigenvalue weighted by molar-refractivity contribution is -0.137. The van der Waals surface area contributed by atoms with Crippen LogP contribution < -0.4 is 0 Å². The lowest BCUT2D eigenvalue weighted by atomic mass is 10.3. The van der Waals surface area contributed by atoms with Crippen molar-refractivity contribution >= 4 is 0 Å². The molecule has 0 bridgehead atoms. The Balaban J connectivity index is 4.38. The van der Waals surface area contributed by atoms with E-state index in [4.69, 9.17) is 34.3 Å². The first kappa shape index (κ1) is 25.6. The second-order valence-corrected chi connectivity index (χ2v) is 5.68. The molecule has 0 heterocycles. The average molecular weight is 388 g/mol. The van der Waals surface area contributed by atoms with Crippen LogP contribution >= 0.6 is 0 Å². The average Bonchev–Trinajstić information content (AvgIpc) is 2.65. The molecule has 0 aliphatic heterocycles. The van der Waals surface area contributed by atoms with Crippen LogP contribution in [0, 0.1) is 0 Å². The Morgan fingerprint density at radius 3 is 1.12 bits per heavy atom. The minimum atomic E-state index is -1.04. The first-order valence-electron chi connectivity index (χ1n) is 8.33. The predicted molar refractivity (Wildman–Crippen MR) is 87.5 cm³/mol. The van der Waals surface area contributed by atoms with Crippen molar-refractivity contribution in [3.63, 3.8) is 0 Å². The fraction of sp³-hybridized carbons (Fsp3) is 1.00. The smallest absolute Gasteiger partial charge is 0.105 e. The van der Waals surface area contributed by atoms with Crippen molar-refractivity contribution in [3.05, 3.63) is 0 Å². The van der Waals surface area contributed by atoms with Crippen LogP contribution in [0.15, 0.2) is 0 Å². The Morgan fingerprint density at radius 2 is 0.808 bits per heavy atom. The van der Waals surface area contributed by atoms with Crippen molar-refractivity contribution in [2.24, 2.45) is 0 Å². The van der Waals surface area contributed by atoms with Crippen molar-refractivity contribution in [3.8, 4) is 0 Å². The minimum Gasteiger partial charge on any atom is -0.394 e. The summed E-state index contributed by atoms with van der Waals surface area (Å²) in [5.74, 6) is 0. The van der Waals surface area contributed by atoms with Crippen molar-refractivity contribution in [1.29, 1.82) is 0 Å². The standard InChI is InChI=1S/C15H32O11/c16-1-11(20)5-23-8-14(4-19)26-15(9-24-6-12(21)2-17)10-25-7-13(22)3-18/h11-22H,1-10H2. The molecule has 0 saturated heterocycles. The molecule has 0 aliphatic rings. The third-order valence-corrected chi connectivity index (χ3v) is 3.06. The molecule has 0 aliphatic carbocycles. The van der Waals surface area contributed by atoms with Crippen LogP contribution in [-0.4, -0.2) is 132 Å². The summed E-state index contributed by atoms with van der Waals surface area (Å²) in [5, 5.41) is 63.3. The van der Waals surface area contributed by atoms with Gasteiger partial charge in [0.15, 0.2) is 0 Å². The Bertz CT molecular complexity index is 291. The van der Waals surface area contributed by atoms with E-state index in [1.165, 1.54) is 0 Å². The number of hydrogen-bond donors (Lipinski definition) is 7. The van der Waals surface area contributed by atoms with Gasteiger partial charge in [0, 0.05) is 0 Å². The lowest BCUT2D eigenvalue weighted by Gasteiger charge is -2.24. The summed E-state index contributed by atoms with van der Waals surface area (Å²) in [6.07, 6.45) is -4.55. The van der Waals surface area contributed by atoms with Crippen LogP contribution in [0.2, 0.25) is 0 Å². The van der Waals surface area contributed by atoms with Crippen LogP contribution in [0.3, 0.4) is 0 Å². The summed E-state index contributed by atoms with van der Waals surface area (Å²) in [4.78, 5) is 0.